The van der Waals surface area contributed by atoms with Crippen LogP contribution >= 0.6 is 11.6 Å². The van der Waals surface area contributed by atoms with Crippen LogP contribution in [-0.2, 0) is 4.74 Å². The number of hydrogen-bond acceptors (Lipinski definition) is 5. The molecule has 0 N–H and O–H groups in total. The molecular formula is C18H13ClF3N3O3. The summed E-state index contributed by atoms with van der Waals surface area (Å²) in [6.45, 7) is 1.79. The smallest absolute Gasteiger partial charge is 0.461 e. The zero-order chi connectivity index (χ0) is 20.3. The zero-order valence-electron chi connectivity index (χ0n) is 14.4. The minimum atomic E-state index is -4.87. The Bertz CT molecular complexity index is 991. The van der Waals surface area contributed by atoms with Crippen molar-refractivity contribution in [2.24, 2.45) is 0 Å². The van der Waals surface area contributed by atoms with Gasteiger partial charge in [0.15, 0.2) is 5.69 Å². The summed E-state index contributed by atoms with van der Waals surface area (Å²) >= 11 is 5.97. The average molecular weight is 412 g/mol. The summed E-state index contributed by atoms with van der Waals surface area (Å²) in [5, 5.41) is 4.23. The number of carbonyl (C=O) groups excluding carboxylic acids is 1. The third-order valence-electron chi connectivity index (χ3n) is 3.49. The second-order valence-electron chi connectivity index (χ2n) is 5.48. The molecule has 0 aliphatic rings. The fourth-order valence-corrected chi connectivity index (χ4v) is 2.70. The number of rotatable bonds is 5. The van der Waals surface area contributed by atoms with E-state index < -0.39 is 18.1 Å². The van der Waals surface area contributed by atoms with Crippen molar-refractivity contribution in [1.29, 1.82) is 0 Å². The number of aromatic nitrogens is 3. The molecule has 6 nitrogen and oxygen atoms in total. The largest absolute Gasteiger partial charge is 0.573 e. The molecule has 0 atom stereocenters. The maximum Gasteiger partial charge on any atom is 0.573 e. The fourth-order valence-electron chi connectivity index (χ4n) is 2.47. The van der Waals surface area contributed by atoms with Crippen molar-refractivity contribution < 1.29 is 27.4 Å². The molecule has 146 valence electrons. The molecule has 10 heteroatoms. The normalized spacial score (nSPS) is 11.3. The Morgan fingerprint density at radius 3 is 2.68 bits per heavy atom. The lowest BCUT2D eigenvalue weighted by Crippen LogP contribution is -2.17. The van der Waals surface area contributed by atoms with E-state index in [1.165, 1.54) is 23.0 Å². The Morgan fingerprint density at radius 1 is 1.25 bits per heavy atom. The molecular weight excluding hydrogens is 399 g/mol. The number of ether oxygens (including phenoxy) is 2. The first-order valence-electron chi connectivity index (χ1n) is 8.01. The van der Waals surface area contributed by atoms with E-state index in [2.05, 4.69) is 14.8 Å². The van der Waals surface area contributed by atoms with Crippen LogP contribution in [0.25, 0.3) is 16.9 Å². The number of hydrogen-bond donors (Lipinski definition) is 0. The van der Waals surface area contributed by atoms with E-state index >= 15 is 0 Å². The Morgan fingerprint density at radius 2 is 2.04 bits per heavy atom. The maximum atomic E-state index is 12.6. The van der Waals surface area contributed by atoms with Crippen LogP contribution in [0, 0.1) is 0 Å². The summed E-state index contributed by atoms with van der Waals surface area (Å²) in [6, 6.07) is 8.35. The standard InChI is InChI=1S/C18H13ClF3N3O3/c1-2-27-17(26)15-9-16(25(24-15)13-4-3-5-23-10-13)11-6-12(19)8-14(7-11)28-18(20,21)22/h3-10H,2H2,1H3. The van der Waals surface area contributed by atoms with Crippen molar-refractivity contribution in [3.05, 3.63) is 59.5 Å². The summed E-state index contributed by atoms with van der Waals surface area (Å²) in [5.74, 6) is -1.16. The van der Waals surface area contributed by atoms with Gasteiger partial charge in [-0.1, -0.05) is 11.6 Å². The quantitative estimate of drug-likeness (QED) is 0.571. The van der Waals surface area contributed by atoms with Crippen LogP contribution in [0.5, 0.6) is 5.75 Å². The van der Waals surface area contributed by atoms with Gasteiger partial charge in [-0.25, -0.2) is 9.48 Å². The molecule has 0 radical (unpaired) electrons. The second-order valence-corrected chi connectivity index (χ2v) is 5.92. The van der Waals surface area contributed by atoms with E-state index in [1.807, 2.05) is 0 Å². The highest BCUT2D eigenvalue weighted by atomic mass is 35.5. The summed E-state index contributed by atoms with van der Waals surface area (Å²) in [6.07, 6.45) is -1.83. The van der Waals surface area contributed by atoms with Crippen molar-refractivity contribution in [2.75, 3.05) is 6.61 Å². The van der Waals surface area contributed by atoms with Crippen LogP contribution in [0.1, 0.15) is 17.4 Å². The first-order valence-corrected chi connectivity index (χ1v) is 8.39. The Labute approximate surface area is 162 Å². The van der Waals surface area contributed by atoms with E-state index in [4.69, 9.17) is 16.3 Å². The molecule has 0 saturated carbocycles. The molecule has 0 spiro atoms. The molecule has 1 aromatic carbocycles. The van der Waals surface area contributed by atoms with Gasteiger partial charge in [0, 0.05) is 16.8 Å². The maximum absolute atomic E-state index is 12.6. The van der Waals surface area contributed by atoms with Gasteiger partial charge in [-0.3, -0.25) is 4.98 Å². The number of halogens is 4. The molecule has 0 aliphatic carbocycles. The van der Waals surface area contributed by atoms with Gasteiger partial charge in [0.2, 0.25) is 0 Å². The first-order chi connectivity index (χ1) is 13.3. The molecule has 0 aliphatic heterocycles. The van der Waals surface area contributed by atoms with Crippen molar-refractivity contribution in [3.8, 4) is 22.7 Å². The van der Waals surface area contributed by atoms with Gasteiger partial charge in [0.25, 0.3) is 0 Å². The van der Waals surface area contributed by atoms with Gasteiger partial charge in [0.05, 0.1) is 24.2 Å². The van der Waals surface area contributed by atoms with Crippen LogP contribution in [0.15, 0.2) is 48.8 Å². The highest BCUT2D eigenvalue weighted by molar-refractivity contribution is 6.31. The lowest BCUT2D eigenvalue weighted by Gasteiger charge is -2.12. The number of nitrogens with zero attached hydrogens (tertiary/aromatic N) is 3. The van der Waals surface area contributed by atoms with Gasteiger partial charge >= 0.3 is 12.3 Å². The van der Waals surface area contributed by atoms with E-state index in [9.17, 15) is 18.0 Å². The Hall–Kier alpha value is -3.07. The summed E-state index contributed by atoms with van der Waals surface area (Å²) in [4.78, 5) is 16.1. The highest BCUT2D eigenvalue weighted by Crippen LogP contribution is 2.33. The van der Waals surface area contributed by atoms with Crippen molar-refractivity contribution in [3.63, 3.8) is 0 Å². The molecule has 0 bridgehead atoms. The summed E-state index contributed by atoms with van der Waals surface area (Å²) in [5.41, 5.74) is 1.05. The van der Waals surface area contributed by atoms with E-state index in [0.717, 1.165) is 12.1 Å². The lowest BCUT2D eigenvalue weighted by molar-refractivity contribution is -0.274. The molecule has 0 amide bonds. The number of pyridine rings is 1. The number of esters is 1. The molecule has 0 saturated heterocycles. The second kappa shape index (κ2) is 7.89. The van der Waals surface area contributed by atoms with Crippen molar-refractivity contribution in [1.82, 2.24) is 14.8 Å². The topological polar surface area (TPSA) is 66.2 Å². The molecule has 2 aromatic heterocycles. The summed E-state index contributed by atoms with van der Waals surface area (Å²) < 4.78 is 48.1. The Kier molecular flexibility index (Phi) is 5.55. The van der Waals surface area contributed by atoms with Gasteiger partial charge in [-0.05, 0) is 43.3 Å². The van der Waals surface area contributed by atoms with Crippen LogP contribution in [0.3, 0.4) is 0 Å². The van der Waals surface area contributed by atoms with Gasteiger partial charge in [0.1, 0.15) is 5.75 Å². The molecule has 2 heterocycles. The lowest BCUT2D eigenvalue weighted by atomic mass is 10.1. The zero-order valence-corrected chi connectivity index (χ0v) is 15.2. The highest BCUT2D eigenvalue weighted by Gasteiger charge is 2.31. The molecule has 3 aromatic rings. The minimum absolute atomic E-state index is 0.0148. The third-order valence-corrected chi connectivity index (χ3v) is 3.70. The third kappa shape index (κ3) is 4.61. The van der Waals surface area contributed by atoms with Crippen LogP contribution < -0.4 is 4.74 Å². The SMILES string of the molecule is CCOC(=O)c1cc(-c2cc(Cl)cc(OC(F)(F)F)c2)n(-c2cccnc2)n1. The van der Waals surface area contributed by atoms with Crippen molar-refractivity contribution >= 4 is 17.6 Å². The van der Waals surface area contributed by atoms with Gasteiger partial charge in [-0.15, -0.1) is 13.2 Å². The molecule has 0 unspecified atom stereocenters. The molecule has 28 heavy (non-hydrogen) atoms. The Balaban J connectivity index is 2.14. The van der Waals surface area contributed by atoms with E-state index in [1.54, 1.807) is 25.3 Å². The number of alkyl halides is 3. The molecule has 3 rings (SSSR count). The monoisotopic (exact) mass is 411 g/mol. The first kappa shape index (κ1) is 19.7. The van der Waals surface area contributed by atoms with Gasteiger partial charge < -0.3 is 9.47 Å². The van der Waals surface area contributed by atoms with Crippen molar-refractivity contribution in [2.45, 2.75) is 13.3 Å². The molecule has 0 fully saturated rings. The number of benzene rings is 1. The predicted molar refractivity (Wildman–Crippen MR) is 94.4 cm³/mol. The van der Waals surface area contributed by atoms with Crippen LogP contribution in [-0.4, -0.2) is 33.7 Å². The van der Waals surface area contributed by atoms with Gasteiger partial charge in [-0.2, -0.15) is 5.10 Å². The number of carbonyl (C=O) groups is 1. The average Bonchev–Trinajstić information content (AvgIpc) is 3.06. The van der Waals surface area contributed by atoms with E-state index in [0.29, 0.717) is 11.4 Å². The van der Waals surface area contributed by atoms with Crippen LogP contribution in [0.4, 0.5) is 13.2 Å². The predicted octanol–water partition coefficient (Wildman–Crippen LogP) is 4.66. The fraction of sp³-hybridized carbons (Fsp3) is 0.167. The van der Waals surface area contributed by atoms with Crippen LogP contribution in [0.2, 0.25) is 5.02 Å². The summed E-state index contributed by atoms with van der Waals surface area (Å²) in [7, 11) is 0. The van der Waals surface area contributed by atoms with E-state index in [-0.39, 0.29) is 22.9 Å². The minimum Gasteiger partial charge on any atom is -0.461 e.